The Hall–Kier alpha value is -1.45. The van der Waals surface area contributed by atoms with Crippen molar-refractivity contribution >= 4 is 17.5 Å². The first-order chi connectivity index (χ1) is 12.8. The summed E-state index contributed by atoms with van der Waals surface area (Å²) < 4.78 is 0. The molecule has 4 aliphatic carbocycles. The van der Waals surface area contributed by atoms with Crippen molar-refractivity contribution in [2.45, 2.75) is 79.1 Å². The Morgan fingerprint density at radius 1 is 1.04 bits per heavy atom. The smallest absolute Gasteiger partial charge is 0.318 e. The Balaban J connectivity index is 1.59. The molecule has 0 heterocycles. The van der Waals surface area contributed by atoms with Crippen LogP contribution in [0.25, 0.3) is 0 Å². The van der Waals surface area contributed by atoms with Gasteiger partial charge in [0.25, 0.3) is 0 Å². The minimum atomic E-state index is -0.356. The average molecular weight is 372 g/mol. The molecule has 4 heteroatoms. The van der Waals surface area contributed by atoms with Gasteiger partial charge in [-0.2, -0.15) is 0 Å². The van der Waals surface area contributed by atoms with Gasteiger partial charge in [0.05, 0.1) is 5.71 Å². The molecular formula is C23H33NO3. The Labute approximate surface area is 162 Å². The lowest BCUT2D eigenvalue weighted by atomic mass is 9.46. The van der Waals surface area contributed by atoms with Crippen LogP contribution in [0.4, 0.5) is 0 Å². The van der Waals surface area contributed by atoms with Crippen molar-refractivity contribution in [3.05, 3.63) is 11.6 Å². The SMILES string of the molecule is CC(=O)ON=C1C=C2CCC3C(CCC4(C)C(C(C)=O)CCC34)C2(C)CC1. The quantitative estimate of drug-likeness (QED) is 0.503. The molecule has 0 amide bonds. The van der Waals surface area contributed by atoms with Crippen LogP contribution < -0.4 is 0 Å². The van der Waals surface area contributed by atoms with Crippen molar-refractivity contribution in [1.29, 1.82) is 0 Å². The van der Waals surface area contributed by atoms with Crippen molar-refractivity contribution in [2.75, 3.05) is 0 Å². The van der Waals surface area contributed by atoms with E-state index >= 15 is 0 Å². The van der Waals surface area contributed by atoms with Crippen LogP contribution in [0.2, 0.25) is 0 Å². The Kier molecular flexibility index (Phi) is 4.59. The molecule has 4 aliphatic rings. The van der Waals surface area contributed by atoms with E-state index in [1.165, 1.54) is 38.2 Å². The number of rotatable bonds is 2. The van der Waals surface area contributed by atoms with Crippen LogP contribution in [0.3, 0.4) is 0 Å². The van der Waals surface area contributed by atoms with E-state index < -0.39 is 0 Å². The van der Waals surface area contributed by atoms with Crippen LogP contribution in [0.5, 0.6) is 0 Å². The fourth-order valence-electron chi connectivity index (χ4n) is 7.43. The predicted octanol–water partition coefficient (Wildman–Crippen LogP) is 5.07. The van der Waals surface area contributed by atoms with Crippen LogP contribution in [-0.4, -0.2) is 17.5 Å². The highest BCUT2D eigenvalue weighted by Crippen LogP contribution is 2.66. The zero-order valence-corrected chi connectivity index (χ0v) is 17.2. The zero-order chi connectivity index (χ0) is 19.4. The lowest BCUT2D eigenvalue weighted by Crippen LogP contribution is -2.51. The van der Waals surface area contributed by atoms with E-state index in [1.807, 2.05) is 0 Å². The molecule has 0 radical (unpaired) electrons. The third-order valence-corrected chi connectivity index (χ3v) is 8.76. The summed E-state index contributed by atoms with van der Waals surface area (Å²) in [5, 5.41) is 4.06. The molecule has 3 saturated carbocycles. The van der Waals surface area contributed by atoms with Gasteiger partial charge in [-0.15, -0.1) is 0 Å². The summed E-state index contributed by atoms with van der Waals surface area (Å²) in [6.45, 7) is 8.06. The van der Waals surface area contributed by atoms with Crippen molar-refractivity contribution in [2.24, 2.45) is 39.7 Å². The molecule has 27 heavy (non-hydrogen) atoms. The number of allylic oxidation sites excluding steroid dienone is 2. The van der Waals surface area contributed by atoms with Crippen LogP contribution in [0.1, 0.15) is 79.1 Å². The van der Waals surface area contributed by atoms with Crippen LogP contribution in [0, 0.1) is 34.5 Å². The predicted molar refractivity (Wildman–Crippen MR) is 105 cm³/mol. The monoisotopic (exact) mass is 371 g/mol. The van der Waals surface area contributed by atoms with Gasteiger partial charge in [-0.05, 0) is 93.0 Å². The summed E-state index contributed by atoms with van der Waals surface area (Å²) in [7, 11) is 0. The fourth-order valence-corrected chi connectivity index (χ4v) is 7.43. The summed E-state index contributed by atoms with van der Waals surface area (Å²) in [6.07, 6.45) is 11.3. The molecule has 0 bridgehead atoms. The first-order valence-corrected chi connectivity index (χ1v) is 10.7. The normalized spacial score (nSPS) is 44.7. The molecule has 3 fully saturated rings. The summed E-state index contributed by atoms with van der Waals surface area (Å²) >= 11 is 0. The lowest BCUT2D eigenvalue weighted by molar-refractivity contribution is -0.141. The number of fused-ring (bicyclic) bond motifs is 5. The van der Waals surface area contributed by atoms with Crippen molar-refractivity contribution in [3.8, 4) is 0 Å². The summed E-state index contributed by atoms with van der Waals surface area (Å²) in [4.78, 5) is 28.2. The Morgan fingerprint density at radius 3 is 2.52 bits per heavy atom. The number of nitrogens with zero attached hydrogens (tertiary/aromatic N) is 1. The minimum Gasteiger partial charge on any atom is -0.318 e. The standard InChI is InChI=1S/C23H33NO3/c1-14(25)19-7-8-20-18-6-5-16-13-17(24-27-15(2)26)9-11-22(16,3)21(18)10-12-23(19,20)4/h13,18-21H,5-12H2,1-4H3. The number of ketones is 1. The molecule has 148 valence electrons. The minimum absolute atomic E-state index is 0.223. The van der Waals surface area contributed by atoms with E-state index in [4.69, 9.17) is 4.84 Å². The molecule has 4 rings (SSSR count). The second-order valence-electron chi connectivity index (χ2n) is 9.95. The van der Waals surface area contributed by atoms with Gasteiger partial charge >= 0.3 is 5.97 Å². The number of carbonyl (C=O) groups is 2. The molecule has 0 saturated heterocycles. The van der Waals surface area contributed by atoms with Crippen LogP contribution in [-0.2, 0) is 14.4 Å². The van der Waals surface area contributed by atoms with Crippen molar-refractivity contribution in [1.82, 2.24) is 0 Å². The number of hydrogen-bond donors (Lipinski definition) is 0. The van der Waals surface area contributed by atoms with Crippen LogP contribution >= 0.6 is 0 Å². The second kappa shape index (κ2) is 6.56. The van der Waals surface area contributed by atoms with E-state index in [9.17, 15) is 9.59 Å². The van der Waals surface area contributed by atoms with E-state index in [0.29, 0.717) is 11.7 Å². The Morgan fingerprint density at radius 2 is 1.81 bits per heavy atom. The van der Waals surface area contributed by atoms with E-state index in [2.05, 4.69) is 25.1 Å². The molecule has 0 aliphatic heterocycles. The van der Waals surface area contributed by atoms with E-state index in [0.717, 1.165) is 43.2 Å². The second-order valence-corrected chi connectivity index (χ2v) is 9.95. The molecule has 6 unspecified atom stereocenters. The highest BCUT2D eigenvalue weighted by atomic mass is 16.7. The third kappa shape index (κ3) is 2.91. The Bertz CT molecular complexity index is 723. The lowest BCUT2D eigenvalue weighted by Gasteiger charge is -2.58. The van der Waals surface area contributed by atoms with Gasteiger partial charge in [0.15, 0.2) is 0 Å². The molecule has 0 N–H and O–H groups in total. The highest BCUT2D eigenvalue weighted by molar-refractivity contribution is 5.96. The number of Topliss-reactive ketones (excluding diaryl/α,β-unsaturated/α-hetero) is 1. The molecule has 0 aromatic carbocycles. The molecular weight excluding hydrogens is 338 g/mol. The van der Waals surface area contributed by atoms with Gasteiger partial charge in [-0.3, -0.25) is 4.79 Å². The number of carbonyl (C=O) groups excluding carboxylic acids is 2. The largest absolute Gasteiger partial charge is 0.331 e. The average Bonchev–Trinajstić information content (AvgIpc) is 2.97. The van der Waals surface area contributed by atoms with Gasteiger partial charge in [-0.1, -0.05) is 24.6 Å². The molecule has 6 atom stereocenters. The maximum absolute atomic E-state index is 12.2. The van der Waals surface area contributed by atoms with Gasteiger partial charge in [0.2, 0.25) is 0 Å². The topological polar surface area (TPSA) is 55.7 Å². The molecule has 0 aromatic rings. The van der Waals surface area contributed by atoms with Gasteiger partial charge in [0.1, 0.15) is 5.78 Å². The highest BCUT2D eigenvalue weighted by Gasteiger charge is 2.59. The summed E-state index contributed by atoms with van der Waals surface area (Å²) in [5.74, 6) is 2.51. The first-order valence-electron chi connectivity index (χ1n) is 10.7. The van der Waals surface area contributed by atoms with E-state index in [1.54, 1.807) is 6.92 Å². The van der Waals surface area contributed by atoms with E-state index in [-0.39, 0.29) is 22.7 Å². The molecule has 4 nitrogen and oxygen atoms in total. The van der Waals surface area contributed by atoms with Crippen molar-refractivity contribution in [3.63, 3.8) is 0 Å². The number of hydrogen-bond acceptors (Lipinski definition) is 4. The molecule has 0 aromatic heterocycles. The zero-order valence-electron chi connectivity index (χ0n) is 17.2. The molecule has 0 spiro atoms. The summed E-state index contributed by atoms with van der Waals surface area (Å²) in [5.41, 5.74) is 2.88. The third-order valence-electron chi connectivity index (χ3n) is 8.76. The number of oxime groups is 1. The summed E-state index contributed by atoms with van der Waals surface area (Å²) in [6, 6.07) is 0. The van der Waals surface area contributed by atoms with Gasteiger partial charge < -0.3 is 4.84 Å². The van der Waals surface area contributed by atoms with Gasteiger partial charge in [-0.25, -0.2) is 4.79 Å². The maximum Gasteiger partial charge on any atom is 0.331 e. The first kappa shape index (κ1) is 18.9. The maximum atomic E-state index is 12.2. The van der Waals surface area contributed by atoms with Crippen LogP contribution in [0.15, 0.2) is 16.8 Å². The fraction of sp³-hybridized carbons (Fsp3) is 0.783. The van der Waals surface area contributed by atoms with Crippen molar-refractivity contribution < 1.29 is 14.4 Å². The van der Waals surface area contributed by atoms with Gasteiger partial charge in [0, 0.05) is 12.8 Å².